The second-order valence-electron chi connectivity index (χ2n) is 18.4. The Kier molecular flexibility index (Phi) is 33.6. The number of carbonyl (C=O) groups excluding carboxylic acids is 12. The van der Waals surface area contributed by atoms with Gasteiger partial charge in [-0.05, 0) is 27.7 Å². The molecule has 0 radical (unpaired) electrons. The van der Waals surface area contributed by atoms with Gasteiger partial charge in [0.1, 0.15) is 63.5 Å². The third kappa shape index (κ3) is 30.4. The molecule has 32 heteroatoms. The van der Waals surface area contributed by atoms with Crippen molar-refractivity contribution in [1.82, 2.24) is 5.32 Å². The van der Waals surface area contributed by atoms with Gasteiger partial charge >= 0.3 is 65.7 Å². The van der Waals surface area contributed by atoms with E-state index in [-0.39, 0.29) is 0 Å². The molecule has 0 aromatic rings. The van der Waals surface area contributed by atoms with E-state index in [2.05, 4.69) is 5.32 Å². The molecule has 0 saturated carbocycles. The van der Waals surface area contributed by atoms with Crippen molar-refractivity contribution in [3.63, 3.8) is 0 Å². The quantitative estimate of drug-likeness (QED) is 0.0509. The minimum atomic E-state index is -2.72. The first-order valence-corrected chi connectivity index (χ1v) is 25.8. The summed E-state index contributed by atoms with van der Waals surface area (Å²) in [5.74, 6) is -10.7. The third-order valence-corrected chi connectivity index (χ3v) is 10.8. The second kappa shape index (κ2) is 37.5. The van der Waals surface area contributed by atoms with Crippen molar-refractivity contribution in [1.29, 1.82) is 0 Å². The summed E-state index contributed by atoms with van der Waals surface area (Å²) in [6, 6.07) is -1.72. The highest BCUT2D eigenvalue weighted by Gasteiger charge is 2.53. The molecule has 0 spiro atoms. The van der Waals surface area contributed by atoms with Crippen LogP contribution in [-0.4, -0.2) is 216 Å². The number of amides is 1. The van der Waals surface area contributed by atoms with Crippen molar-refractivity contribution in [2.75, 3.05) is 39.6 Å². The lowest BCUT2D eigenvalue weighted by molar-refractivity contribution is -0.329. The van der Waals surface area contributed by atoms with Crippen molar-refractivity contribution in [3.8, 4) is 0 Å². The van der Waals surface area contributed by atoms with E-state index in [0.717, 1.165) is 83.1 Å². The first-order chi connectivity index (χ1) is 38.6. The fraction of sp³-hybridized carbons (Fsp3) is 0.765. The van der Waals surface area contributed by atoms with Gasteiger partial charge in [-0.25, -0.2) is 4.39 Å². The molecule has 83 heavy (non-hydrogen) atoms. The Morgan fingerprint density at radius 3 is 1.31 bits per heavy atom. The molecule has 17 atom stereocenters. The zero-order valence-electron chi connectivity index (χ0n) is 49.2. The van der Waals surface area contributed by atoms with Crippen molar-refractivity contribution in [2.24, 2.45) is 0 Å². The van der Waals surface area contributed by atoms with E-state index in [1.165, 1.54) is 27.7 Å². The second-order valence-corrected chi connectivity index (χ2v) is 18.4. The number of alkyl halides is 1. The number of carbonyl (C=O) groups is 12. The van der Waals surface area contributed by atoms with E-state index in [1.807, 2.05) is 0 Å². The van der Waals surface area contributed by atoms with Gasteiger partial charge in [0, 0.05) is 83.1 Å². The maximum absolute atomic E-state index is 16.9. The number of esters is 11. The minimum Gasteiger partial charge on any atom is -0.463 e. The van der Waals surface area contributed by atoms with Gasteiger partial charge in [0.2, 0.25) is 12.3 Å². The molecule has 0 aromatic heterocycles. The van der Waals surface area contributed by atoms with Gasteiger partial charge in [-0.3, -0.25) is 57.5 Å². The van der Waals surface area contributed by atoms with Gasteiger partial charge in [0.05, 0.1) is 18.8 Å². The van der Waals surface area contributed by atoms with E-state index in [4.69, 9.17) is 85.3 Å². The Morgan fingerprint density at radius 1 is 0.422 bits per heavy atom. The average Bonchev–Trinajstić information content (AvgIpc) is 3.33. The number of nitrogens with one attached hydrogen (secondary N) is 1. The van der Waals surface area contributed by atoms with Crippen LogP contribution in [0.25, 0.3) is 0 Å². The van der Waals surface area contributed by atoms with Gasteiger partial charge < -0.3 is 90.6 Å². The van der Waals surface area contributed by atoms with Crippen LogP contribution in [0.5, 0.6) is 0 Å². The molecular weight excluding hydrogens is 1130 g/mol. The standard InChI is InChI=1S/C51H78FNO30/c1-23(72-32(10)60)40(18-66-27(5)55)82-51(44(76-34(12)62)22-70-31(9)59)74-24(2)41(19-67-28(6)56)81-50(83-48-47(79-37(15)65)46(78-36(14)64)43(80-49(48)52)21-69-30(8)58)39(53-26(4)54)17-71-38(16)73-25(3)45(77-35(13)63)42(75-33(11)61)20-68-29(7)57/h23-25,38-51H,17-22H2,1-16H3,(H,53,54)/t23-,24+,25?,38-,39+,40?,41?,42-,43?,44+,45-,46-,47?,48-,49+,50+,51-/m1/s1. The predicted octanol–water partition coefficient (Wildman–Crippen LogP) is 0.592. The summed E-state index contributed by atoms with van der Waals surface area (Å²) in [5, 5.41) is 2.52. The Hall–Kier alpha value is -6.71. The van der Waals surface area contributed by atoms with Crippen molar-refractivity contribution in [2.45, 2.75) is 215 Å². The Morgan fingerprint density at radius 2 is 0.855 bits per heavy atom. The highest BCUT2D eigenvalue weighted by atomic mass is 19.1. The molecule has 1 amide bonds. The molecule has 474 valence electrons. The van der Waals surface area contributed by atoms with E-state index in [1.54, 1.807) is 0 Å². The van der Waals surface area contributed by atoms with Crippen LogP contribution in [0.1, 0.15) is 111 Å². The average molecular weight is 1200 g/mol. The number of halogens is 1. The van der Waals surface area contributed by atoms with Crippen LogP contribution in [0.15, 0.2) is 0 Å². The fourth-order valence-corrected chi connectivity index (χ4v) is 7.50. The molecule has 1 aliphatic heterocycles. The normalized spacial score (nSPS) is 21.0. The Labute approximate surface area is 478 Å². The minimum absolute atomic E-state index is 0.587. The molecule has 1 rings (SSSR count). The summed E-state index contributed by atoms with van der Waals surface area (Å²) in [7, 11) is 0. The molecule has 0 aliphatic carbocycles. The summed E-state index contributed by atoms with van der Waals surface area (Å²) in [6.07, 6.45) is -27.8. The molecular formula is C51H78FNO30. The lowest BCUT2D eigenvalue weighted by Gasteiger charge is -2.44. The molecule has 1 heterocycles. The van der Waals surface area contributed by atoms with Crippen LogP contribution in [0.3, 0.4) is 0 Å². The van der Waals surface area contributed by atoms with Gasteiger partial charge in [-0.15, -0.1) is 0 Å². The zero-order valence-corrected chi connectivity index (χ0v) is 49.2. The molecule has 1 saturated heterocycles. The molecule has 5 unspecified atom stereocenters. The van der Waals surface area contributed by atoms with Crippen molar-refractivity contribution >= 4 is 71.6 Å². The number of ether oxygens (including phenoxy) is 18. The van der Waals surface area contributed by atoms with Crippen LogP contribution in [0, 0.1) is 0 Å². The smallest absolute Gasteiger partial charge is 0.303 e. The predicted molar refractivity (Wildman–Crippen MR) is 268 cm³/mol. The summed E-state index contributed by atoms with van der Waals surface area (Å²) < 4.78 is 118. The molecule has 1 fully saturated rings. The molecule has 1 N–H and O–H groups in total. The topological polar surface area (TPSA) is 383 Å². The molecule has 31 nitrogen and oxygen atoms in total. The van der Waals surface area contributed by atoms with Gasteiger partial charge in [0.25, 0.3) is 0 Å². The summed E-state index contributed by atoms with van der Waals surface area (Å²) >= 11 is 0. The van der Waals surface area contributed by atoms with Crippen LogP contribution >= 0.6 is 0 Å². The van der Waals surface area contributed by atoms with Crippen molar-refractivity contribution < 1.29 is 147 Å². The lowest BCUT2D eigenvalue weighted by Crippen LogP contribution is -2.63. The number of hydrogen-bond acceptors (Lipinski definition) is 30. The number of rotatable bonds is 36. The molecule has 0 aromatic carbocycles. The van der Waals surface area contributed by atoms with E-state index in [0.29, 0.717) is 0 Å². The van der Waals surface area contributed by atoms with Gasteiger partial charge in [0.15, 0.2) is 55.5 Å². The van der Waals surface area contributed by atoms with Crippen LogP contribution < -0.4 is 5.32 Å². The Bertz CT molecular complexity index is 2180. The van der Waals surface area contributed by atoms with E-state index >= 15 is 4.39 Å². The lowest BCUT2D eigenvalue weighted by atomic mass is 9.98. The van der Waals surface area contributed by atoms with E-state index < -0.39 is 216 Å². The van der Waals surface area contributed by atoms with Crippen molar-refractivity contribution in [3.05, 3.63) is 0 Å². The fourth-order valence-electron chi connectivity index (χ4n) is 7.50. The van der Waals surface area contributed by atoms with Crippen LogP contribution in [0.2, 0.25) is 0 Å². The summed E-state index contributed by atoms with van der Waals surface area (Å²) in [4.78, 5) is 148. The first-order valence-electron chi connectivity index (χ1n) is 25.8. The van der Waals surface area contributed by atoms with Crippen LogP contribution in [0.4, 0.5) is 4.39 Å². The highest BCUT2D eigenvalue weighted by molar-refractivity contribution is 5.73. The first kappa shape index (κ1) is 74.3. The Balaban J connectivity index is 4.29. The molecule has 0 bridgehead atoms. The maximum atomic E-state index is 16.9. The zero-order chi connectivity index (χ0) is 63.4. The van der Waals surface area contributed by atoms with E-state index in [9.17, 15) is 57.5 Å². The highest BCUT2D eigenvalue weighted by Crippen LogP contribution is 2.32. The van der Waals surface area contributed by atoms with Gasteiger partial charge in [-0.2, -0.15) is 0 Å². The molecule has 1 aliphatic rings. The third-order valence-electron chi connectivity index (χ3n) is 10.8. The largest absolute Gasteiger partial charge is 0.463 e. The monoisotopic (exact) mass is 1200 g/mol. The SMILES string of the molecule is CC(=O)N[C@@H](CO[C@@H](C)OC(C)[C@@H](OC(C)=O)[C@@H](COC(C)=O)OC(C)=O)[C@@H](OC(COC(C)=O)[C@H](C)O[C@H](OC(COC(C)=O)[C@@H](C)OC(C)=O)[C@H](COC(C)=O)OC(C)=O)O[C@@H]1C(OC(C)=O)[C@H](OC(C)=O)C(COC(C)=O)O[C@@H]1F. The van der Waals surface area contributed by atoms with Gasteiger partial charge in [-0.1, -0.05) is 0 Å². The maximum Gasteiger partial charge on any atom is 0.303 e. The van der Waals surface area contributed by atoms with Crippen LogP contribution in [-0.2, 0) is 143 Å². The summed E-state index contributed by atoms with van der Waals surface area (Å²) in [5.41, 5.74) is 0. The number of hydrogen-bond donors (Lipinski definition) is 1. The summed E-state index contributed by atoms with van der Waals surface area (Å²) in [6.45, 7) is 13.1.